The monoisotopic (exact) mass is 280 g/mol. The number of rotatable bonds is 2. The number of nitrogens with zero attached hydrogens (tertiary/aromatic N) is 5. The van der Waals surface area contributed by atoms with Crippen molar-refractivity contribution in [2.45, 2.75) is 32.1 Å². The SMILES string of the molecule is CC[C@@H]1CC(C#N)C[C@@H]1c1nnc2cnc3[nH]ccc3n12. The first-order valence-electron chi connectivity index (χ1n) is 7.38. The van der Waals surface area contributed by atoms with Gasteiger partial charge in [0.05, 0.1) is 17.8 Å². The van der Waals surface area contributed by atoms with Crippen LogP contribution in [-0.2, 0) is 0 Å². The maximum Gasteiger partial charge on any atom is 0.179 e. The van der Waals surface area contributed by atoms with Gasteiger partial charge < -0.3 is 4.98 Å². The Balaban J connectivity index is 1.90. The topological polar surface area (TPSA) is 82.7 Å². The molecule has 1 aliphatic carbocycles. The molecule has 3 atom stereocenters. The van der Waals surface area contributed by atoms with Crippen LogP contribution >= 0.6 is 0 Å². The minimum absolute atomic E-state index is 0.135. The van der Waals surface area contributed by atoms with Crippen LogP contribution in [0, 0.1) is 23.2 Å². The fourth-order valence-electron chi connectivity index (χ4n) is 3.64. The highest BCUT2D eigenvalue weighted by molar-refractivity contribution is 5.74. The Bertz CT molecular complexity index is 839. The third kappa shape index (κ3) is 1.74. The Kier molecular flexibility index (Phi) is 2.67. The highest BCUT2D eigenvalue weighted by atomic mass is 15.3. The summed E-state index contributed by atoms with van der Waals surface area (Å²) >= 11 is 0. The van der Waals surface area contributed by atoms with Crippen molar-refractivity contribution in [3.05, 3.63) is 24.3 Å². The van der Waals surface area contributed by atoms with Crippen LogP contribution in [0.15, 0.2) is 18.5 Å². The molecule has 21 heavy (non-hydrogen) atoms. The van der Waals surface area contributed by atoms with Crippen LogP contribution < -0.4 is 0 Å². The van der Waals surface area contributed by atoms with Crippen molar-refractivity contribution < 1.29 is 0 Å². The average Bonchev–Trinajstić information content (AvgIpc) is 3.22. The molecule has 1 saturated carbocycles. The number of H-pyrrole nitrogens is 1. The molecule has 1 unspecified atom stereocenters. The van der Waals surface area contributed by atoms with E-state index >= 15 is 0 Å². The molecule has 6 nitrogen and oxygen atoms in total. The number of aromatic nitrogens is 5. The molecular formula is C15H16N6. The summed E-state index contributed by atoms with van der Waals surface area (Å²) in [5, 5.41) is 17.9. The van der Waals surface area contributed by atoms with Crippen molar-refractivity contribution in [3.8, 4) is 6.07 Å². The predicted octanol–water partition coefficient (Wildman–Crippen LogP) is 2.65. The van der Waals surface area contributed by atoms with E-state index < -0.39 is 0 Å². The summed E-state index contributed by atoms with van der Waals surface area (Å²) < 4.78 is 2.09. The first-order valence-corrected chi connectivity index (χ1v) is 7.38. The molecule has 6 heteroatoms. The summed E-state index contributed by atoms with van der Waals surface area (Å²) in [7, 11) is 0. The lowest BCUT2D eigenvalue weighted by molar-refractivity contribution is 0.450. The van der Waals surface area contributed by atoms with Gasteiger partial charge in [-0.2, -0.15) is 5.26 Å². The molecule has 0 amide bonds. The summed E-state index contributed by atoms with van der Waals surface area (Å²) in [4.78, 5) is 7.47. The number of aromatic amines is 1. The second-order valence-electron chi connectivity index (χ2n) is 5.79. The van der Waals surface area contributed by atoms with E-state index in [0.29, 0.717) is 11.8 Å². The Labute approximate surface area is 121 Å². The lowest BCUT2D eigenvalue weighted by atomic mass is 9.93. The van der Waals surface area contributed by atoms with E-state index in [2.05, 4.69) is 37.6 Å². The Morgan fingerprint density at radius 2 is 2.33 bits per heavy atom. The Morgan fingerprint density at radius 1 is 1.43 bits per heavy atom. The fraction of sp³-hybridized carbons (Fsp3) is 0.467. The van der Waals surface area contributed by atoms with Crippen molar-refractivity contribution in [1.29, 1.82) is 5.26 Å². The van der Waals surface area contributed by atoms with Gasteiger partial charge in [-0.3, -0.25) is 4.40 Å². The van der Waals surface area contributed by atoms with Crippen LogP contribution in [0.3, 0.4) is 0 Å². The Morgan fingerprint density at radius 3 is 3.14 bits per heavy atom. The van der Waals surface area contributed by atoms with Crippen molar-refractivity contribution in [3.63, 3.8) is 0 Å². The van der Waals surface area contributed by atoms with Gasteiger partial charge in [0.25, 0.3) is 0 Å². The van der Waals surface area contributed by atoms with E-state index in [0.717, 1.165) is 41.9 Å². The van der Waals surface area contributed by atoms with E-state index in [1.807, 2.05) is 12.3 Å². The van der Waals surface area contributed by atoms with Gasteiger partial charge in [0.2, 0.25) is 0 Å². The van der Waals surface area contributed by atoms with Gasteiger partial charge in [-0.05, 0) is 24.8 Å². The number of hydrogen-bond donors (Lipinski definition) is 1. The minimum atomic E-state index is 0.135. The third-order valence-corrected chi connectivity index (χ3v) is 4.70. The molecule has 3 aromatic heterocycles. The van der Waals surface area contributed by atoms with Crippen molar-refractivity contribution in [1.82, 2.24) is 24.6 Å². The van der Waals surface area contributed by atoms with Gasteiger partial charge >= 0.3 is 0 Å². The summed E-state index contributed by atoms with van der Waals surface area (Å²) in [6, 6.07) is 4.42. The summed E-state index contributed by atoms with van der Waals surface area (Å²) in [6.07, 6.45) is 6.54. The third-order valence-electron chi connectivity index (χ3n) is 4.70. The molecule has 3 aromatic rings. The van der Waals surface area contributed by atoms with Gasteiger partial charge in [0.15, 0.2) is 11.3 Å². The lowest BCUT2D eigenvalue weighted by Crippen LogP contribution is -2.09. The second kappa shape index (κ2) is 4.55. The lowest BCUT2D eigenvalue weighted by Gasteiger charge is -2.16. The molecule has 3 heterocycles. The number of nitrogens with one attached hydrogen (secondary N) is 1. The number of hydrogen-bond acceptors (Lipinski definition) is 4. The van der Waals surface area contributed by atoms with Gasteiger partial charge in [-0.25, -0.2) is 4.98 Å². The molecule has 0 radical (unpaired) electrons. The standard InChI is InChI=1S/C15H16N6/c1-2-10-5-9(7-16)6-11(10)15-20-19-13-8-18-14-12(21(13)15)3-4-17-14/h3-4,8-11,17H,2,5-6H2,1H3/t9?,10-,11+/m1/s1. The minimum Gasteiger partial charge on any atom is -0.345 e. The van der Waals surface area contributed by atoms with E-state index in [1.165, 1.54) is 0 Å². The summed E-state index contributed by atoms with van der Waals surface area (Å²) in [5.74, 6) is 1.91. The molecule has 0 saturated heterocycles. The second-order valence-corrected chi connectivity index (χ2v) is 5.79. The molecule has 4 rings (SSSR count). The largest absolute Gasteiger partial charge is 0.345 e. The highest BCUT2D eigenvalue weighted by Crippen LogP contribution is 2.44. The van der Waals surface area contributed by atoms with Crippen LogP contribution in [0.5, 0.6) is 0 Å². The van der Waals surface area contributed by atoms with E-state index in [-0.39, 0.29) is 5.92 Å². The molecule has 0 aromatic carbocycles. The average molecular weight is 280 g/mol. The van der Waals surface area contributed by atoms with E-state index in [4.69, 9.17) is 0 Å². The molecule has 1 aliphatic rings. The van der Waals surface area contributed by atoms with Crippen LogP contribution in [0.25, 0.3) is 16.8 Å². The molecular weight excluding hydrogens is 264 g/mol. The molecule has 0 aliphatic heterocycles. The van der Waals surface area contributed by atoms with Gasteiger partial charge in [0, 0.05) is 18.0 Å². The zero-order valence-corrected chi connectivity index (χ0v) is 11.8. The maximum atomic E-state index is 9.24. The normalized spacial score (nSPS) is 25.6. The van der Waals surface area contributed by atoms with Crippen molar-refractivity contribution in [2.75, 3.05) is 0 Å². The van der Waals surface area contributed by atoms with Gasteiger partial charge in [-0.1, -0.05) is 13.3 Å². The molecule has 1 fully saturated rings. The molecule has 106 valence electrons. The number of fused-ring (bicyclic) bond motifs is 3. The fourth-order valence-corrected chi connectivity index (χ4v) is 3.64. The van der Waals surface area contributed by atoms with E-state index in [9.17, 15) is 5.26 Å². The quantitative estimate of drug-likeness (QED) is 0.782. The Hall–Kier alpha value is -2.42. The van der Waals surface area contributed by atoms with Crippen LogP contribution in [0.4, 0.5) is 0 Å². The molecule has 0 spiro atoms. The van der Waals surface area contributed by atoms with Crippen molar-refractivity contribution in [2.24, 2.45) is 11.8 Å². The van der Waals surface area contributed by atoms with Crippen LogP contribution in [0.2, 0.25) is 0 Å². The summed E-state index contributed by atoms with van der Waals surface area (Å²) in [5.41, 5.74) is 2.61. The zero-order chi connectivity index (χ0) is 14.4. The highest BCUT2D eigenvalue weighted by Gasteiger charge is 2.37. The first kappa shape index (κ1) is 12.3. The first-order chi connectivity index (χ1) is 10.3. The molecule has 0 bridgehead atoms. The van der Waals surface area contributed by atoms with Gasteiger partial charge in [-0.15, -0.1) is 10.2 Å². The van der Waals surface area contributed by atoms with Crippen molar-refractivity contribution >= 4 is 16.8 Å². The summed E-state index contributed by atoms with van der Waals surface area (Å²) in [6.45, 7) is 2.19. The van der Waals surface area contributed by atoms with Gasteiger partial charge in [0.1, 0.15) is 5.82 Å². The van der Waals surface area contributed by atoms with E-state index in [1.54, 1.807) is 6.20 Å². The predicted molar refractivity (Wildman–Crippen MR) is 77.5 cm³/mol. The molecule has 1 N–H and O–H groups in total. The van der Waals surface area contributed by atoms with Crippen LogP contribution in [-0.4, -0.2) is 24.6 Å². The van der Waals surface area contributed by atoms with Crippen LogP contribution in [0.1, 0.15) is 37.9 Å². The maximum absolute atomic E-state index is 9.24. The zero-order valence-electron chi connectivity index (χ0n) is 11.8. The number of nitriles is 1. The smallest absolute Gasteiger partial charge is 0.179 e.